The summed E-state index contributed by atoms with van der Waals surface area (Å²) in [6.07, 6.45) is 2.04. The Kier molecular flexibility index (Phi) is 9.43. The zero-order valence-electron chi connectivity index (χ0n) is 22.2. The van der Waals surface area contributed by atoms with Crippen LogP contribution in [0.3, 0.4) is 0 Å². The molecule has 4 rings (SSSR count). The van der Waals surface area contributed by atoms with Crippen LogP contribution in [0, 0.1) is 0 Å². The first-order valence-electron chi connectivity index (χ1n) is 13.1. The quantitative estimate of drug-likeness (QED) is 0.175. The van der Waals surface area contributed by atoms with E-state index in [0.29, 0.717) is 0 Å². The summed E-state index contributed by atoms with van der Waals surface area (Å²) in [4.78, 5) is 55.5. The number of hydrogen-bond acceptors (Lipinski definition) is 5. The lowest BCUT2D eigenvalue weighted by molar-refractivity contribution is -0.140. The number of aromatic amines is 1. The minimum Gasteiger partial charge on any atom is -0.361 e. The number of Topliss-reactive ketones (excluding diaryl/α,β-unsaturated/α-hetero) is 1. The predicted molar refractivity (Wildman–Crippen MR) is 153 cm³/mol. The number of fused-ring (bicyclic) bond motifs is 1. The molecule has 206 valence electrons. The van der Waals surface area contributed by atoms with Crippen LogP contribution in [0.4, 0.5) is 0 Å². The first-order chi connectivity index (χ1) is 19.3. The zero-order valence-corrected chi connectivity index (χ0v) is 22.2. The maximum atomic E-state index is 13.6. The van der Waals surface area contributed by atoms with Crippen LogP contribution in [0.15, 0.2) is 91.1 Å². The van der Waals surface area contributed by atoms with Crippen LogP contribution >= 0.6 is 0 Å². The third-order valence-corrected chi connectivity index (χ3v) is 6.58. The Morgan fingerprint density at radius 2 is 1.35 bits per heavy atom. The normalized spacial score (nSPS) is 13.2. The molecule has 6 N–H and O–H groups in total. The fraction of sp³-hybridized carbons (Fsp3) is 0.226. The molecule has 0 bridgehead atoms. The summed E-state index contributed by atoms with van der Waals surface area (Å²) in [7, 11) is 0. The molecular weight excluding hydrogens is 506 g/mol. The van der Waals surface area contributed by atoms with Crippen LogP contribution in [0.2, 0.25) is 0 Å². The molecule has 1 heterocycles. The molecule has 0 aliphatic carbocycles. The van der Waals surface area contributed by atoms with Gasteiger partial charge in [-0.3, -0.25) is 19.2 Å². The van der Waals surface area contributed by atoms with E-state index < -0.39 is 41.6 Å². The van der Waals surface area contributed by atoms with Gasteiger partial charge in [0, 0.05) is 36.5 Å². The first kappa shape index (κ1) is 28.3. The molecule has 0 aliphatic heterocycles. The van der Waals surface area contributed by atoms with Crippen molar-refractivity contribution in [3.63, 3.8) is 0 Å². The number of H-pyrrole nitrogens is 1. The molecule has 9 nitrogen and oxygen atoms in total. The van der Waals surface area contributed by atoms with Gasteiger partial charge in [-0.1, -0.05) is 78.9 Å². The van der Waals surface area contributed by atoms with Gasteiger partial charge in [-0.2, -0.15) is 0 Å². The second kappa shape index (κ2) is 13.3. The first-order valence-corrected chi connectivity index (χ1v) is 13.1. The van der Waals surface area contributed by atoms with E-state index in [2.05, 4.69) is 20.9 Å². The van der Waals surface area contributed by atoms with Crippen LogP contribution in [0.5, 0.6) is 0 Å². The number of hydrogen-bond donors (Lipinski definition) is 5. The minimum atomic E-state index is -1.15. The smallest absolute Gasteiger partial charge is 0.289 e. The monoisotopic (exact) mass is 539 g/mol. The fourth-order valence-corrected chi connectivity index (χ4v) is 4.39. The van der Waals surface area contributed by atoms with Crippen molar-refractivity contribution in [3.8, 4) is 0 Å². The summed E-state index contributed by atoms with van der Waals surface area (Å²) < 4.78 is 0. The summed E-state index contributed by atoms with van der Waals surface area (Å²) >= 11 is 0. The lowest BCUT2D eigenvalue weighted by Gasteiger charge is -2.23. The Morgan fingerprint density at radius 1 is 0.750 bits per heavy atom. The van der Waals surface area contributed by atoms with Gasteiger partial charge in [0.1, 0.15) is 12.1 Å². The van der Waals surface area contributed by atoms with E-state index in [1.165, 1.54) is 6.92 Å². The van der Waals surface area contributed by atoms with Gasteiger partial charge in [0.05, 0.1) is 6.04 Å². The molecule has 0 saturated carbocycles. The summed E-state index contributed by atoms with van der Waals surface area (Å²) in [6, 6.07) is 22.9. The van der Waals surface area contributed by atoms with E-state index >= 15 is 0 Å². The van der Waals surface area contributed by atoms with Crippen molar-refractivity contribution in [2.45, 2.75) is 44.4 Å². The van der Waals surface area contributed by atoms with Crippen LogP contribution in [-0.4, -0.2) is 46.6 Å². The van der Waals surface area contributed by atoms with Crippen molar-refractivity contribution >= 4 is 34.4 Å². The highest BCUT2D eigenvalue weighted by molar-refractivity contribution is 6.38. The van der Waals surface area contributed by atoms with Crippen molar-refractivity contribution in [1.82, 2.24) is 20.9 Å². The van der Waals surface area contributed by atoms with E-state index in [4.69, 9.17) is 5.73 Å². The summed E-state index contributed by atoms with van der Waals surface area (Å²) in [6.45, 7) is 1.69. The number of para-hydroxylation sites is 1. The average Bonchev–Trinajstić information content (AvgIpc) is 3.38. The van der Waals surface area contributed by atoms with Gasteiger partial charge in [-0.15, -0.1) is 0 Å². The number of benzene rings is 3. The third kappa shape index (κ3) is 7.42. The highest BCUT2D eigenvalue weighted by Crippen LogP contribution is 2.19. The number of carbonyl (C=O) groups excluding carboxylic acids is 4. The molecule has 4 aromatic rings. The van der Waals surface area contributed by atoms with Gasteiger partial charge >= 0.3 is 0 Å². The van der Waals surface area contributed by atoms with Crippen LogP contribution in [-0.2, 0) is 38.6 Å². The number of nitrogens with two attached hydrogens (primary N) is 1. The Bertz CT molecular complexity index is 1470. The summed E-state index contributed by atoms with van der Waals surface area (Å²) in [5, 5.41) is 8.99. The molecule has 3 aromatic carbocycles. The molecular formula is C31H33N5O4. The average molecular weight is 540 g/mol. The van der Waals surface area contributed by atoms with E-state index in [9.17, 15) is 19.2 Å². The Balaban J connectivity index is 1.55. The molecule has 40 heavy (non-hydrogen) atoms. The van der Waals surface area contributed by atoms with E-state index in [1.54, 1.807) is 6.20 Å². The largest absolute Gasteiger partial charge is 0.361 e. The molecule has 0 spiro atoms. The van der Waals surface area contributed by atoms with Gasteiger partial charge in [0.2, 0.25) is 17.6 Å². The Labute approximate surface area is 232 Å². The summed E-state index contributed by atoms with van der Waals surface area (Å²) in [5.74, 6) is -2.69. The van der Waals surface area contributed by atoms with Gasteiger partial charge in [0.15, 0.2) is 0 Å². The highest BCUT2D eigenvalue weighted by Gasteiger charge is 2.31. The van der Waals surface area contributed by atoms with Crippen molar-refractivity contribution in [2.24, 2.45) is 5.73 Å². The van der Waals surface area contributed by atoms with Gasteiger partial charge in [-0.25, -0.2) is 0 Å². The maximum Gasteiger partial charge on any atom is 0.289 e. The molecule has 3 atom stereocenters. The highest BCUT2D eigenvalue weighted by atomic mass is 16.2. The lowest BCUT2D eigenvalue weighted by Crippen LogP contribution is -2.56. The Morgan fingerprint density at radius 3 is 2.02 bits per heavy atom. The van der Waals surface area contributed by atoms with Gasteiger partial charge in [-0.05, 0) is 29.7 Å². The molecule has 0 unspecified atom stereocenters. The third-order valence-electron chi connectivity index (χ3n) is 6.58. The van der Waals surface area contributed by atoms with Crippen molar-refractivity contribution in [1.29, 1.82) is 0 Å². The molecule has 0 radical (unpaired) electrons. The van der Waals surface area contributed by atoms with Crippen molar-refractivity contribution < 1.29 is 19.2 Å². The van der Waals surface area contributed by atoms with Gasteiger partial charge < -0.3 is 26.7 Å². The molecule has 0 saturated heterocycles. The predicted octanol–water partition coefficient (Wildman–Crippen LogP) is 2.16. The van der Waals surface area contributed by atoms with Crippen LogP contribution in [0.25, 0.3) is 10.9 Å². The SMILES string of the molecule is C[C@H](N)C(=O)N[C@@H](Cc1c[nH]c2ccccc12)C(=O)N[C@@H](Cc1ccccc1)C(=O)C(=O)NCc1ccccc1. The number of rotatable bonds is 12. The van der Waals surface area contributed by atoms with E-state index in [0.717, 1.165) is 27.6 Å². The number of nitrogens with one attached hydrogen (secondary N) is 4. The van der Waals surface area contributed by atoms with Crippen molar-refractivity contribution in [2.75, 3.05) is 0 Å². The number of amides is 3. The van der Waals surface area contributed by atoms with Crippen LogP contribution < -0.4 is 21.7 Å². The zero-order chi connectivity index (χ0) is 28.5. The molecule has 0 aliphatic rings. The molecule has 9 heteroatoms. The number of ketones is 1. The lowest BCUT2D eigenvalue weighted by atomic mass is 9.99. The standard InChI is InChI=1S/C31H33N5O4/c1-20(32)29(38)36-27(17-23-19-33-25-15-9-8-14-24(23)25)30(39)35-26(16-21-10-4-2-5-11-21)28(37)31(40)34-18-22-12-6-3-7-13-22/h2-15,19-20,26-27,33H,16-18,32H2,1H3,(H,34,40)(H,35,39)(H,36,38)/t20-,26-,27-/m0/s1. The van der Waals surface area contributed by atoms with Crippen molar-refractivity contribution in [3.05, 3.63) is 108 Å². The maximum absolute atomic E-state index is 13.6. The van der Waals surface area contributed by atoms with E-state index in [-0.39, 0.29) is 19.4 Å². The molecule has 0 fully saturated rings. The number of carbonyl (C=O) groups is 4. The van der Waals surface area contributed by atoms with Gasteiger partial charge in [0.25, 0.3) is 5.91 Å². The second-order valence-corrected chi connectivity index (χ2v) is 9.70. The van der Waals surface area contributed by atoms with E-state index in [1.807, 2.05) is 84.9 Å². The Hall–Kier alpha value is -4.76. The minimum absolute atomic E-state index is 0.102. The molecule has 3 amide bonds. The summed E-state index contributed by atoms with van der Waals surface area (Å²) in [5.41, 5.74) is 9.07. The number of aromatic nitrogens is 1. The topological polar surface area (TPSA) is 146 Å². The second-order valence-electron chi connectivity index (χ2n) is 9.70. The molecule has 1 aromatic heterocycles. The van der Waals surface area contributed by atoms with Crippen LogP contribution in [0.1, 0.15) is 23.6 Å². The fourth-order valence-electron chi connectivity index (χ4n) is 4.39.